The molecule has 1 aromatic heterocycles. The topological polar surface area (TPSA) is 30.3 Å². The number of halogens is 2. The van der Waals surface area contributed by atoms with Gasteiger partial charge in [0.1, 0.15) is 11.6 Å². The molecule has 4 nitrogen and oxygen atoms in total. The smallest absolute Gasteiger partial charge is 0.142 e. The summed E-state index contributed by atoms with van der Waals surface area (Å²) >= 11 is 5.81. The second-order valence-corrected chi connectivity index (χ2v) is 6.83. The third kappa shape index (κ3) is 5.55. The molecule has 0 spiro atoms. The quantitative estimate of drug-likeness (QED) is 0.529. The number of benzene rings is 2. The summed E-state index contributed by atoms with van der Waals surface area (Å²) in [5.41, 5.74) is 2.01. The zero-order chi connectivity index (χ0) is 19.1. The first kappa shape index (κ1) is 19.4. The van der Waals surface area contributed by atoms with Crippen molar-refractivity contribution in [3.63, 3.8) is 0 Å². The van der Waals surface area contributed by atoms with Crippen molar-refractivity contribution in [3.05, 3.63) is 83.2 Å². The monoisotopic (exact) mass is 387 g/mol. The Kier molecular flexibility index (Phi) is 6.85. The van der Waals surface area contributed by atoms with Crippen LogP contribution in [0.3, 0.4) is 0 Å². The summed E-state index contributed by atoms with van der Waals surface area (Å²) in [6, 6.07) is 13.0. The van der Waals surface area contributed by atoms with Crippen LogP contribution in [0.5, 0.6) is 5.75 Å². The van der Waals surface area contributed by atoms with Crippen molar-refractivity contribution in [2.45, 2.75) is 26.1 Å². The van der Waals surface area contributed by atoms with E-state index in [1.807, 2.05) is 36.8 Å². The van der Waals surface area contributed by atoms with Gasteiger partial charge in [0.05, 0.1) is 18.5 Å². The average Bonchev–Trinajstić information content (AvgIpc) is 3.18. The molecule has 6 heteroatoms. The number of hydrogen-bond acceptors (Lipinski definition) is 3. The van der Waals surface area contributed by atoms with Crippen LogP contribution in [0.15, 0.2) is 61.2 Å². The molecule has 27 heavy (non-hydrogen) atoms. The zero-order valence-electron chi connectivity index (χ0n) is 15.3. The second kappa shape index (κ2) is 9.53. The van der Waals surface area contributed by atoms with E-state index >= 15 is 0 Å². The number of aryl methyl sites for hydroxylation is 1. The molecule has 0 N–H and O–H groups in total. The number of hydrogen-bond donors (Lipinski definition) is 0. The Morgan fingerprint density at radius 3 is 2.78 bits per heavy atom. The number of nitrogens with zero attached hydrogens (tertiary/aromatic N) is 3. The van der Waals surface area contributed by atoms with Gasteiger partial charge in [-0.1, -0.05) is 35.9 Å². The van der Waals surface area contributed by atoms with Crippen LogP contribution in [0, 0.1) is 5.82 Å². The highest BCUT2D eigenvalue weighted by molar-refractivity contribution is 6.30. The highest BCUT2D eigenvalue weighted by atomic mass is 35.5. The Labute approximate surface area is 164 Å². The van der Waals surface area contributed by atoms with E-state index in [0.29, 0.717) is 6.54 Å². The third-order valence-electron chi connectivity index (χ3n) is 4.43. The van der Waals surface area contributed by atoms with Gasteiger partial charge in [0.25, 0.3) is 0 Å². The lowest BCUT2D eigenvalue weighted by Crippen LogP contribution is -2.25. The van der Waals surface area contributed by atoms with E-state index in [9.17, 15) is 4.39 Å². The van der Waals surface area contributed by atoms with Gasteiger partial charge in [0, 0.05) is 44.1 Å². The van der Waals surface area contributed by atoms with E-state index in [1.54, 1.807) is 19.4 Å². The van der Waals surface area contributed by atoms with Crippen LogP contribution in [0.2, 0.25) is 5.02 Å². The molecule has 0 aliphatic rings. The van der Waals surface area contributed by atoms with Crippen molar-refractivity contribution >= 4 is 11.6 Å². The Morgan fingerprint density at radius 2 is 2.04 bits per heavy atom. The summed E-state index contributed by atoms with van der Waals surface area (Å²) in [7, 11) is 1.68. The fourth-order valence-corrected chi connectivity index (χ4v) is 3.20. The lowest BCUT2D eigenvalue weighted by atomic mass is 10.1. The van der Waals surface area contributed by atoms with Crippen molar-refractivity contribution in [3.8, 4) is 5.75 Å². The van der Waals surface area contributed by atoms with Crippen molar-refractivity contribution < 1.29 is 9.13 Å². The summed E-state index contributed by atoms with van der Waals surface area (Å²) in [5, 5.41) is 0.148. The van der Waals surface area contributed by atoms with Crippen molar-refractivity contribution in [2.75, 3.05) is 13.7 Å². The maximum atomic E-state index is 13.8. The van der Waals surface area contributed by atoms with Crippen LogP contribution in [0.4, 0.5) is 4.39 Å². The van der Waals surface area contributed by atoms with E-state index < -0.39 is 0 Å². The molecule has 0 aliphatic heterocycles. The molecular weight excluding hydrogens is 365 g/mol. The maximum Gasteiger partial charge on any atom is 0.142 e. The van der Waals surface area contributed by atoms with Gasteiger partial charge in [0.15, 0.2) is 0 Å². The summed E-state index contributed by atoms with van der Waals surface area (Å²) in [6.45, 7) is 3.10. The number of rotatable bonds is 9. The lowest BCUT2D eigenvalue weighted by molar-refractivity contribution is 0.244. The van der Waals surface area contributed by atoms with Crippen LogP contribution < -0.4 is 4.74 Å². The Balaban J connectivity index is 1.71. The first-order chi connectivity index (χ1) is 13.2. The molecule has 0 saturated carbocycles. The van der Waals surface area contributed by atoms with E-state index in [-0.39, 0.29) is 10.8 Å². The first-order valence-electron chi connectivity index (χ1n) is 8.89. The number of imidazole rings is 1. The van der Waals surface area contributed by atoms with E-state index in [0.717, 1.165) is 42.9 Å². The molecule has 0 bridgehead atoms. The molecule has 0 atom stereocenters. The minimum Gasteiger partial charge on any atom is -0.496 e. The predicted octanol–water partition coefficient (Wildman–Crippen LogP) is 4.78. The summed E-state index contributed by atoms with van der Waals surface area (Å²) in [4.78, 5) is 6.36. The standard InChI is InChI=1S/C21H23ClFN3O/c1-27-21-6-3-2-5-18(21)15-26(11-4-10-25-12-9-24-16-25)14-17-7-8-19(22)20(23)13-17/h2-3,5-9,12-13,16H,4,10-11,14-15H2,1H3. The summed E-state index contributed by atoms with van der Waals surface area (Å²) in [5.74, 6) is 0.476. The fourth-order valence-electron chi connectivity index (χ4n) is 3.08. The zero-order valence-corrected chi connectivity index (χ0v) is 16.1. The van der Waals surface area contributed by atoms with Crippen LogP contribution in [-0.2, 0) is 19.6 Å². The van der Waals surface area contributed by atoms with Gasteiger partial charge >= 0.3 is 0 Å². The molecule has 0 aliphatic carbocycles. The summed E-state index contributed by atoms with van der Waals surface area (Å²) in [6.07, 6.45) is 6.52. The normalized spacial score (nSPS) is 11.1. The molecule has 0 unspecified atom stereocenters. The Hall–Kier alpha value is -2.37. The highest BCUT2D eigenvalue weighted by Gasteiger charge is 2.12. The van der Waals surface area contributed by atoms with Gasteiger partial charge < -0.3 is 9.30 Å². The largest absolute Gasteiger partial charge is 0.496 e. The van der Waals surface area contributed by atoms with Gasteiger partial charge in [-0.05, 0) is 30.2 Å². The maximum absolute atomic E-state index is 13.8. The fraction of sp³-hybridized carbons (Fsp3) is 0.286. The minimum absolute atomic E-state index is 0.148. The van der Waals surface area contributed by atoms with Crippen LogP contribution >= 0.6 is 11.6 Å². The molecule has 0 amide bonds. The first-order valence-corrected chi connectivity index (χ1v) is 9.27. The van der Waals surface area contributed by atoms with Crippen LogP contribution in [0.25, 0.3) is 0 Å². The van der Waals surface area contributed by atoms with Crippen molar-refractivity contribution in [1.82, 2.24) is 14.5 Å². The molecule has 3 aromatic rings. The number of methoxy groups -OCH3 is 1. The van der Waals surface area contributed by atoms with Crippen molar-refractivity contribution in [1.29, 1.82) is 0 Å². The van der Waals surface area contributed by atoms with Gasteiger partial charge in [-0.2, -0.15) is 0 Å². The molecule has 1 heterocycles. The predicted molar refractivity (Wildman–Crippen MR) is 105 cm³/mol. The number of para-hydroxylation sites is 1. The molecular formula is C21H23ClFN3O. The van der Waals surface area contributed by atoms with Gasteiger partial charge in [0.2, 0.25) is 0 Å². The SMILES string of the molecule is COc1ccccc1CN(CCCn1ccnc1)Cc1ccc(Cl)c(F)c1. The highest BCUT2D eigenvalue weighted by Crippen LogP contribution is 2.22. The molecule has 0 radical (unpaired) electrons. The summed E-state index contributed by atoms with van der Waals surface area (Å²) < 4.78 is 21.4. The second-order valence-electron chi connectivity index (χ2n) is 6.43. The third-order valence-corrected chi connectivity index (χ3v) is 4.73. The lowest BCUT2D eigenvalue weighted by Gasteiger charge is -2.24. The Bertz CT molecular complexity index is 854. The van der Waals surface area contributed by atoms with E-state index in [1.165, 1.54) is 6.07 Å². The van der Waals surface area contributed by atoms with Crippen molar-refractivity contribution in [2.24, 2.45) is 0 Å². The van der Waals surface area contributed by atoms with Crippen LogP contribution in [0.1, 0.15) is 17.5 Å². The number of aromatic nitrogens is 2. The molecule has 142 valence electrons. The van der Waals surface area contributed by atoms with Crippen LogP contribution in [-0.4, -0.2) is 28.1 Å². The Morgan fingerprint density at radius 1 is 1.19 bits per heavy atom. The number of ether oxygens (including phenoxy) is 1. The average molecular weight is 388 g/mol. The molecule has 3 rings (SSSR count). The minimum atomic E-state index is -0.384. The van der Waals surface area contributed by atoms with Gasteiger partial charge in [-0.25, -0.2) is 9.37 Å². The van der Waals surface area contributed by atoms with E-state index in [2.05, 4.69) is 20.5 Å². The van der Waals surface area contributed by atoms with E-state index in [4.69, 9.17) is 16.3 Å². The molecule has 0 saturated heterocycles. The molecule has 0 fully saturated rings. The molecule has 2 aromatic carbocycles. The van der Waals surface area contributed by atoms with Gasteiger partial charge in [-0.15, -0.1) is 0 Å². The van der Waals surface area contributed by atoms with Gasteiger partial charge in [-0.3, -0.25) is 4.90 Å².